The summed E-state index contributed by atoms with van der Waals surface area (Å²) in [6.45, 7) is 1.68. The van der Waals surface area contributed by atoms with Gasteiger partial charge in [0.2, 0.25) is 0 Å². The summed E-state index contributed by atoms with van der Waals surface area (Å²) in [5.41, 5.74) is -1.37. The van der Waals surface area contributed by atoms with E-state index in [9.17, 15) is 18.7 Å². The summed E-state index contributed by atoms with van der Waals surface area (Å²) in [4.78, 5) is 14.3. The number of carbonyl (C=O) groups is 1. The lowest BCUT2D eigenvalue weighted by molar-refractivity contribution is -0.194. The molecule has 0 unspecified atom stereocenters. The molecule has 1 amide bonds. The third-order valence-corrected chi connectivity index (χ3v) is 4.92. The van der Waals surface area contributed by atoms with Crippen LogP contribution in [0.25, 0.3) is 0 Å². The Morgan fingerprint density at radius 3 is 2.45 bits per heavy atom. The maximum absolute atomic E-state index is 13.4. The Morgan fingerprint density at radius 2 is 1.86 bits per heavy atom. The third kappa shape index (κ3) is 1.90. The van der Waals surface area contributed by atoms with E-state index in [4.69, 9.17) is 4.74 Å². The number of carbonyl (C=O) groups excluding carboxylic acids is 1. The van der Waals surface area contributed by atoms with Crippen LogP contribution < -0.4 is 0 Å². The van der Waals surface area contributed by atoms with Crippen LogP contribution >= 0.6 is 0 Å². The highest BCUT2D eigenvalue weighted by molar-refractivity contribution is 5.89. The van der Waals surface area contributed by atoms with E-state index in [2.05, 4.69) is 0 Å². The van der Waals surface area contributed by atoms with E-state index in [0.717, 1.165) is 6.07 Å². The quantitative estimate of drug-likeness (QED) is 0.866. The van der Waals surface area contributed by atoms with Crippen LogP contribution in [-0.4, -0.2) is 33.3 Å². The van der Waals surface area contributed by atoms with Gasteiger partial charge in [-0.05, 0) is 37.5 Å². The smallest absolute Gasteiger partial charge is 0.257 e. The van der Waals surface area contributed by atoms with Crippen molar-refractivity contribution in [3.63, 3.8) is 0 Å². The van der Waals surface area contributed by atoms with Gasteiger partial charge >= 0.3 is 0 Å². The lowest BCUT2D eigenvalue weighted by atomic mass is 9.67. The van der Waals surface area contributed by atoms with E-state index in [1.807, 2.05) is 0 Å². The highest BCUT2D eigenvalue weighted by Crippen LogP contribution is 2.54. The predicted molar refractivity (Wildman–Crippen MR) is 72.6 cm³/mol. The normalized spacial score (nSPS) is 40.2. The van der Waals surface area contributed by atoms with Crippen molar-refractivity contribution in [1.82, 2.24) is 4.90 Å². The second-order valence-electron chi connectivity index (χ2n) is 6.93. The largest absolute Gasteiger partial charge is 0.390 e. The number of benzene rings is 1. The van der Waals surface area contributed by atoms with Crippen LogP contribution in [0.15, 0.2) is 18.2 Å². The first kappa shape index (κ1) is 14.1. The molecule has 0 aromatic heterocycles. The number of halogens is 2. The maximum atomic E-state index is 13.4. The number of rotatable bonds is 1. The lowest BCUT2D eigenvalue weighted by Gasteiger charge is -2.47. The van der Waals surface area contributed by atoms with Gasteiger partial charge in [0.15, 0.2) is 5.60 Å². The molecule has 0 radical (unpaired) electrons. The Kier molecular flexibility index (Phi) is 2.73. The molecule has 1 spiro atoms. The standard InChI is InChI=1S/C16H17F2NO3/c1-15(21)7-16(8-15)14(20)19-12(2-3-13(19)22-16)9-4-10(17)6-11(18)5-9/h4-6,12-13,21H,2-3,7-8H2,1H3/t12-,13+,15?,16?/m0/s1. The van der Waals surface area contributed by atoms with Gasteiger partial charge in [0.1, 0.15) is 17.9 Å². The number of hydrogen-bond acceptors (Lipinski definition) is 3. The summed E-state index contributed by atoms with van der Waals surface area (Å²) in [5.74, 6) is -1.46. The summed E-state index contributed by atoms with van der Waals surface area (Å²) < 4.78 is 32.8. The van der Waals surface area contributed by atoms with Crippen molar-refractivity contribution < 1.29 is 23.4 Å². The number of hydrogen-bond donors (Lipinski definition) is 1. The van der Waals surface area contributed by atoms with Gasteiger partial charge in [-0.3, -0.25) is 4.79 Å². The van der Waals surface area contributed by atoms with E-state index in [0.29, 0.717) is 18.4 Å². The predicted octanol–water partition coefficient (Wildman–Crippen LogP) is 2.27. The second-order valence-corrected chi connectivity index (χ2v) is 6.93. The zero-order chi connectivity index (χ0) is 15.7. The molecule has 2 aliphatic heterocycles. The molecular weight excluding hydrogens is 292 g/mol. The molecule has 3 aliphatic rings. The number of amides is 1. The molecule has 6 heteroatoms. The SMILES string of the molecule is CC1(O)CC2(C1)O[C@@H]1CC[C@@H](c3cc(F)cc(F)c3)N1C2=O. The monoisotopic (exact) mass is 309 g/mol. The zero-order valence-corrected chi connectivity index (χ0v) is 12.2. The molecule has 4 nitrogen and oxygen atoms in total. The minimum absolute atomic E-state index is 0.170. The Labute approximate surface area is 126 Å². The molecule has 0 bridgehead atoms. The molecule has 22 heavy (non-hydrogen) atoms. The number of aliphatic hydroxyl groups is 1. The average molecular weight is 309 g/mol. The molecule has 1 N–H and O–H groups in total. The van der Waals surface area contributed by atoms with E-state index in [1.165, 1.54) is 12.1 Å². The van der Waals surface area contributed by atoms with Crippen LogP contribution in [0.1, 0.15) is 44.2 Å². The van der Waals surface area contributed by atoms with Crippen LogP contribution in [0, 0.1) is 11.6 Å². The van der Waals surface area contributed by atoms with Crippen molar-refractivity contribution >= 4 is 5.91 Å². The van der Waals surface area contributed by atoms with Crippen molar-refractivity contribution in [2.75, 3.05) is 0 Å². The first-order valence-corrected chi connectivity index (χ1v) is 7.49. The average Bonchev–Trinajstić information content (AvgIpc) is 2.87. The van der Waals surface area contributed by atoms with Gasteiger partial charge in [0.05, 0.1) is 11.6 Å². The first-order chi connectivity index (χ1) is 10.3. The van der Waals surface area contributed by atoms with E-state index < -0.39 is 22.8 Å². The summed E-state index contributed by atoms with van der Waals surface area (Å²) >= 11 is 0. The third-order valence-electron chi connectivity index (χ3n) is 4.92. The number of ether oxygens (including phenoxy) is 1. The molecule has 2 saturated heterocycles. The van der Waals surface area contributed by atoms with Crippen LogP contribution in [0.2, 0.25) is 0 Å². The fourth-order valence-electron chi connectivity index (χ4n) is 4.22. The summed E-state index contributed by atoms with van der Waals surface area (Å²) in [5, 5.41) is 9.93. The van der Waals surface area contributed by atoms with Crippen LogP contribution in [0.3, 0.4) is 0 Å². The number of fused-ring (bicyclic) bond motifs is 1. The summed E-state index contributed by atoms with van der Waals surface area (Å²) in [6, 6.07) is 2.99. The minimum Gasteiger partial charge on any atom is -0.390 e. The highest BCUT2D eigenvalue weighted by Gasteiger charge is 2.66. The molecule has 3 fully saturated rings. The van der Waals surface area contributed by atoms with Crippen molar-refractivity contribution in [1.29, 1.82) is 0 Å². The summed E-state index contributed by atoms with van der Waals surface area (Å²) in [7, 11) is 0. The molecular formula is C16H17F2NO3. The van der Waals surface area contributed by atoms with Crippen LogP contribution in [0.4, 0.5) is 8.78 Å². The van der Waals surface area contributed by atoms with Gasteiger partial charge in [-0.1, -0.05) is 0 Å². The first-order valence-electron chi connectivity index (χ1n) is 7.49. The fraction of sp³-hybridized carbons (Fsp3) is 0.562. The molecule has 118 valence electrons. The van der Waals surface area contributed by atoms with Gasteiger partial charge in [0.25, 0.3) is 5.91 Å². The van der Waals surface area contributed by atoms with E-state index >= 15 is 0 Å². The minimum atomic E-state index is -0.946. The maximum Gasteiger partial charge on any atom is 0.257 e. The van der Waals surface area contributed by atoms with Gasteiger partial charge in [-0.2, -0.15) is 0 Å². The molecule has 1 aliphatic carbocycles. The zero-order valence-electron chi connectivity index (χ0n) is 12.2. The lowest BCUT2D eigenvalue weighted by Crippen LogP contribution is -2.60. The summed E-state index contributed by atoms with van der Waals surface area (Å²) in [6.07, 6.45) is 1.44. The second kappa shape index (κ2) is 4.26. The Balaban J connectivity index is 1.64. The van der Waals surface area contributed by atoms with Crippen molar-refractivity contribution in [3.8, 4) is 0 Å². The van der Waals surface area contributed by atoms with Crippen LogP contribution in [-0.2, 0) is 9.53 Å². The Morgan fingerprint density at radius 1 is 1.23 bits per heavy atom. The molecule has 4 rings (SSSR count). The highest BCUT2D eigenvalue weighted by atomic mass is 19.1. The van der Waals surface area contributed by atoms with Crippen LogP contribution in [0.5, 0.6) is 0 Å². The fourth-order valence-corrected chi connectivity index (χ4v) is 4.22. The van der Waals surface area contributed by atoms with E-state index in [1.54, 1.807) is 11.8 Å². The number of nitrogens with zero attached hydrogens (tertiary/aromatic N) is 1. The molecule has 1 saturated carbocycles. The van der Waals surface area contributed by atoms with Gasteiger partial charge in [0, 0.05) is 18.9 Å². The van der Waals surface area contributed by atoms with E-state index in [-0.39, 0.29) is 31.0 Å². The van der Waals surface area contributed by atoms with Crippen molar-refractivity contribution in [2.45, 2.75) is 56.1 Å². The molecule has 1 aromatic rings. The van der Waals surface area contributed by atoms with Gasteiger partial charge < -0.3 is 14.7 Å². The van der Waals surface area contributed by atoms with Gasteiger partial charge in [-0.25, -0.2) is 8.78 Å². The Hall–Kier alpha value is -1.53. The van der Waals surface area contributed by atoms with Gasteiger partial charge in [-0.15, -0.1) is 0 Å². The van der Waals surface area contributed by atoms with Crippen molar-refractivity contribution in [2.24, 2.45) is 0 Å². The Bertz CT molecular complexity index is 633. The molecule has 2 heterocycles. The van der Waals surface area contributed by atoms with Crippen molar-refractivity contribution in [3.05, 3.63) is 35.4 Å². The molecule has 2 atom stereocenters. The topological polar surface area (TPSA) is 49.8 Å². The molecule has 1 aromatic carbocycles.